The molecule has 0 radical (unpaired) electrons. The van der Waals surface area contributed by atoms with E-state index in [4.69, 9.17) is 14.2 Å². The molecule has 2 heterocycles. The van der Waals surface area contributed by atoms with E-state index in [0.717, 1.165) is 49.7 Å². The van der Waals surface area contributed by atoms with Crippen LogP contribution >= 0.6 is 0 Å². The third-order valence-electron chi connectivity index (χ3n) is 4.67. The number of nitrogens with one attached hydrogen (secondary N) is 1. The van der Waals surface area contributed by atoms with E-state index in [-0.39, 0.29) is 6.10 Å². The van der Waals surface area contributed by atoms with E-state index in [2.05, 4.69) is 23.5 Å². The maximum absolute atomic E-state index is 5.95. The summed E-state index contributed by atoms with van der Waals surface area (Å²) in [7, 11) is 3.34. The lowest BCUT2D eigenvalue weighted by Crippen LogP contribution is -2.24. The van der Waals surface area contributed by atoms with Crippen molar-refractivity contribution in [2.75, 3.05) is 27.4 Å². The first kappa shape index (κ1) is 17.8. The number of methoxy groups -OCH3 is 2. The summed E-state index contributed by atoms with van der Waals surface area (Å²) in [4.78, 5) is 0. The van der Waals surface area contributed by atoms with E-state index in [0.29, 0.717) is 5.92 Å². The van der Waals surface area contributed by atoms with Crippen LogP contribution in [0.2, 0.25) is 0 Å². The highest BCUT2D eigenvalue weighted by Crippen LogP contribution is 2.34. The Labute approximate surface area is 149 Å². The molecule has 1 aliphatic heterocycles. The molecule has 2 atom stereocenters. The van der Waals surface area contributed by atoms with Gasteiger partial charge in [-0.25, -0.2) is 0 Å². The predicted molar refractivity (Wildman–Crippen MR) is 96.0 cm³/mol. The SMILES string of the molecule is CCn1cc([C@@H]2OCC[C@H]2CNCc2cc(OC)cc(OC)c2)cn1. The average molecular weight is 345 g/mol. The quantitative estimate of drug-likeness (QED) is 0.797. The van der Waals surface area contributed by atoms with Gasteiger partial charge in [-0.15, -0.1) is 0 Å². The van der Waals surface area contributed by atoms with Gasteiger partial charge in [0.15, 0.2) is 0 Å². The van der Waals surface area contributed by atoms with Crippen LogP contribution < -0.4 is 14.8 Å². The zero-order chi connectivity index (χ0) is 17.6. The molecule has 0 unspecified atom stereocenters. The second-order valence-electron chi connectivity index (χ2n) is 6.32. The molecular formula is C19H27N3O3. The monoisotopic (exact) mass is 345 g/mol. The van der Waals surface area contributed by atoms with Gasteiger partial charge in [0.2, 0.25) is 0 Å². The summed E-state index contributed by atoms with van der Waals surface area (Å²) in [6.07, 6.45) is 5.22. The molecule has 0 bridgehead atoms. The first-order valence-electron chi connectivity index (χ1n) is 8.80. The smallest absolute Gasteiger partial charge is 0.122 e. The number of rotatable bonds is 8. The summed E-state index contributed by atoms with van der Waals surface area (Å²) in [5, 5.41) is 7.92. The van der Waals surface area contributed by atoms with Crippen molar-refractivity contribution in [2.24, 2.45) is 5.92 Å². The summed E-state index contributed by atoms with van der Waals surface area (Å²) in [6.45, 7) is 5.45. The Hall–Kier alpha value is -2.05. The average Bonchev–Trinajstić information content (AvgIpc) is 3.30. The molecule has 6 heteroatoms. The summed E-state index contributed by atoms with van der Waals surface area (Å²) >= 11 is 0. The van der Waals surface area contributed by atoms with E-state index < -0.39 is 0 Å². The van der Waals surface area contributed by atoms with Crippen LogP contribution in [0.3, 0.4) is 0 Å². The van der Waals surface area contributed by atoms with Gasteiger partial charge in [-0.2, -0.15) is 5.10 Å². The molecule has 0 amide bonds. The molecule has 0 aliphatic carbocycles. The van der Waals surface area contributed by atoms with Gasteiger partial charge in [-0.3, -0.25) is 4.68 Å². The number of hydrogen-bond acceptors (Lipinski definition) is 5. The Morgan fingerprint density at radius 3 is 2.64 bits per heavy atom. The van der Waals surface area contributed by atoms with Crippen LogP contribution in [-0.2, 0) is 17.8 Å². The molecule has 25 heavy (non-hydrogen) atoms. The van der Waals surface area contributed by atoms with Crippen LogP contribution in [0.5, 0.6) is 11.5 Å². The molecule has 1 aliphatic rings. The number of ether oxygens (including phenoxy) is 3. The number of aryl methyl sites for hydroxylation is 1. The van der Waals surface area contributed by atoms with E-state index in [1.165, 1.54) is 5.56 Å². The molecule has 3 rings (SSSR count). The van der Waals surface area contributed by atoms with Gasteiger partial charge in [0.25, 0.3) is 0 Å². The molecule has 0 saturated carbocycles. The first-order chi connectivity index (χ1) is 12.2. The molecule has 6 nitrogen and oxygen atoms in total. The molecule has 1 fully saturated rings. The van der Waals surface area contributed by atoms with Crippen molar-refractivity contribution in [3.05, 3.63) is 41.7 Å². The van der Waals surface area contributed by atoms with Gasteiger partial charge in [0.05, 0.1) is 26.5 Å². The van der Waals surface area contributed by atoms with Crippen LogP contribution in [0.25, 0.3) is 0 Å². The van der Waals surface area contributed by atoms with Gasteiger partial charge < -0.3 is 19.5 Å². The minimum Gasteiger partial charge on any atom is -0.497 e. The van der Waals surface area contributed by atoms with Crippen molar-refractivity contribution in [1.82, 2.24) is 15.1 Å². The van der Waals surface area contributed by atoms with Crippen LogP contribution in [0.4, 0.5) is 0 Å². The van der Waals surface area contributed by atoms with Crippen LogP contribution in [-0.4, -0.2) is 37.2 Å². The third-order valence-corrected chi connectivity index (χ3v) is 4.67. The highest BCUT2D eigenvalue weighted by atomic mass is 16.5. The van der Waals surface area contributed by atoms with Crippen molar-refractivity contribution in [3.63, 3.8) is 0 Å². The topological polar surface area (TPSA) is 57.5 Å². The standard InChI is InChI=1S/C19H27N3O3/c1-4-22-13-16(12-21-22)19-15(5-6-25-19)11-20-10-14-7-17(23-2)9-18(8-14)24-3/h7-9,12-13,15,19-20H,4-6,10-11H2,1-3H3/t15-,19+/m0/s1. The molecule has 1 saturated heterocycles. The normalized spacial score (nSPS) is 20.0. The van der Waals surface area contributed by atoms with E-state index in [1.807, 2.05) is 29.1 Å². The highest BCUT2D eigenvalue weighted by molar-refractivity contribution is 5.38. The van der Waals surface area contributed by atoms with Crippen molar-refractivity contribution < 1.29 is 14.2 Å². The maximum atomic E-state index is 5.95. The third kappa shape index (κ3) is 4.32. The number of nitrogens with zero attached hydrogens (tertiary/aromatic N) is 2. The second-order valence-corrected chi connectivity index (χ2v) is 6.32. The van der Waals surface area contributed by atoms with E-state index >= 15 is 0 Å². The molecule has 1 N–H and O–H groups in total. The fourth-order valence-electron chi connectivity index (χ4n) is 3.28. The Morgan fingerprint density at radius 1 is 1.24 bits per heavy atom. The molecular weight excluding hydrogens is 318 g/mol. The van der Waals surface area contributed by atoms with Crippen LogP contribution in [0, 0.1) is 5.92 Å². The number of hydrogen-bond donors (Lipinski definition) is 1. The van der Waals surface area contributed by atoms with Crippen LogP contribution in [0.1, 0.15) is 30.6 Å². The highest BCUT2D eigenvalue weighted by Gasteiger charge is 2.30. The van der Waals surface area contributed by atoms with Crippen LogP contribution in [0.15, 0.2) is 30.6 Å². The lowest BCUT2D eigenvalue weighted by atomic mass is 9.97. The fraction of sp³-hybridized carbons (Fsp3) is 0.526. The number of aromatic nitrogens is 2. The fourth-order valence-corrected chi connectivity index (χ4v) is 3.28. The van der Waals surface area contributed by atoms with Gasteiger partial charge in [-0.1, -0.05) is 0 Å². The lowest BCUT2D eigenvalue weighted by Gasteiger charge is -2.18. The van der Waals surface area contributed by atoms with Gasteiger partial charge in [0, 0.05) is 50.0 Å². The first-order valence-corrected chi connectivity index (χ1v) is 8.80. The van der Waals surface area contributed by atoms with Crippen molar-refractivity contribution in [3.8, 4) is 11.5 Å². The van der Waals surface area contributed by atoms with Crippen molar-refractivity contribution >= 4 is 0 Å². The Balaban J connectivity index is 1.57. The largest absolute Gasteiger partial charge is 0.497 e. The van der Waals surface area contributed by atoms with Gasteiger partial charge >= 0.3 is 0 Å². The predicted octanol–water partition coefficient (Wildman–Crippen LogP) is 2.79. The Bertz CT molecular complexity index is 664. The van der Waals surface area contributed by atoms with E-state index in [1.54, 1.807) is 14.2 Å². The lowest BCUT2D eigenvalue weighted by molar-refractivity contribution is 0.0903. The van der Waals surface area contributed by atoms with E-state index in [9.17, 15) is 0 Å². The summed E-state index contributed by atoms with van der Waals surface area (Å²) in [5.41, 5.74) is 2.32. The minimum atomic E-state index is 0.132. The minimum absolute atomic E-state index is 0.132. The van der Waals surface area contributed by atoms with Crippen molar-refractivity contribution in [2.45, 2.75) is 32.5 Å². The van der Waals surface area contributed by atoms with Gasteiger partial charge in [0.1, 0.15) is 11.5 Å². The molecule has 0 spiro atoms. The Kier molecular flexibility index (Phi) is 5.94. The summed E-state index contributed by atoms with van der Waals surface area (Å²) in [5.74, 6) is 2.08. The van der Waals surface area contributed by atoms with Crippen molar-refractivity contribution in [1.29, 1.82) is 0 Å². The summed E-state index contributed by atoms with van der Waals surface area (Å²) < 4.78 is 18.6. The molecule has 2 aromatic rings. The van der Waals surface area contributed by atoms with Gasteiger partial charge in [-0.05, 0) is 31.0 Å². The number of benzene rings is 1. The zero-order valence-electron chi connectivity index (χ0n) is 15.2. The molecule has 1 aromatic carbocycles. The molecule has 1 aromatic heterocycles. The summed E-state index contributed by atoms with van der Waals surface area (Å²) in [6, 6.07) is 5.95. The Morgan fingerprint density at radius 2 is 2.00 bits per heavy atom. The zero-order valence-corrected chi connectivity index (χ0v) is 15.2. The maximum Gasteiger partial charge on any atom is 0.122 e. The molecule has 136 valence electrons. The second kappa shape index (κ2) is 8.36.